The fraction of sp³-hybridized carbons (Fsp3) is 0.562. The van der Waals surface area contributed by atoms with Crippen LogP contribution in [0.25, 0.3) is 22.2 Å². The molecule has 0 saturated carbocycles. The number of aromatic nitrogens is 2. The number of sulfonamides is 1. The fourth-order valence-electron chi connectivity index (χ4n) is 4.98. The van der Waals surface area contributed by atoms with Crippen LogP contribution in [0.1, 0.15) is 46.1 Å². The summed E-state index contributed by atoms with van der Waals surface area (Å²) < 4.78 is 45.8. The molecule has 0 bridgehead atoms. The molecule has 1 saturated heterocycles. The van der Waals surface area contributed by atoms with Gasteiger partial charge in [0.1, 0.15) is 29.5 Å². The number of carbonyl (C=O) groups excluding carboxylic acids is 1. The Labute approximate surface area is 264 Å². The maximum absolute atomic E-state index is 12.6. The predicted molar refractivity (Wildman–Crippen MR) is 178 cm³/mol. The van der Waals surface area contributed by atoms with E-state index >= 15 is 0 Å². The van der Waals surface area contributed by atoms with Gasteiger partial charge >= 0.3 is 6.09 Å². The minimum Gasteiger partial charge on any atom is -0.492 e. The van der Waals surface area contributed by atoms with Gasteiger partial charge in [-0.25, -0.2) is 22.9 Å². The van der Waals surface area contributed by atoms with E-state index in [1.807, 2.05) is 61.9 Å². The van der Waals surface area contributed by atoms with Crippen molar-refractivity contribution in [3.05, 3.63) is 48.3 Å². The van der Waals surface area contributed by atoms with E-state index < -0.39 is 15.6 Å². The third-order valence-electron chi connectivity index (χ3n) is 7.59. The number of nitrogens with zero attached hydrogens (tertiary/aromatic N) is 3. The number of carbonyl (C=O) groups is 1. The van der Waals surface area contributed by atoms with Gasteiger partial charge in [-0.15, -0.1) is 0 Å². The van der Waals surface area contributed by atoms with Crippen molar-refractivity contribution in [2.75, 3.05) is 50.8 Å². The summed E-state index contributed by atoms with van der Waals surface area (Å²) in [6.07, 6.45) is 10.7. The van der Waals surface area contributed by atoms with Crippen LogP contribution >= 0.6 is 0 Å². The van der Waals surface area contributed by atoms with Crippen molar-refractivity contribution >= 4 is 38.0 Å². The summed E-state index contributed by atoms with van der Waals surface area (Å²) in [5.74, 6) is 1.74. The summed E-state index contributed by atoms with van der Waals surface area (Å²) in [4.78, 5) is 19.1. The van der Waals surface area contributed by atoms with E-state index in [1.54, 1.807) is 11.1 Å². The summed E-state index contributed by atoms with van der Waals surface area (Å²) >= 11 is 0. The summed E-state index contributed by atoms with van der Waals surface area (Å²) in [7, 11) is -2.98. The second kappa shape index (κ2) is 14.1. The molecule has 4 rings (SSSR count). The lowest BCUT2D eigenvalue weighted by Crippen LogP contribution is -2.46. The van der Waals surface area contributed by atoms with Crippen molar-refractivity contribution in [2.24, 2.45) is 5.41 Å². The summed E-state index contributed by atoms with van der Waals surface area (Å²) in [5.41, 5.74) is 2.94. The molecule has 0 radical (unpaired) electrons. The first-order chi connectivity index (χ1) is 20.6. The number of hydrogen-bond acceptors (Lipinski definition) is 7. The number of ether oxygens (including phenoxy) is 3. The highest BCUT2D eigenvalue weighted by Crippen LogP contribution is 2.38. The molecule has 12 heteroatoms. The smallest absolute Gasteiger partial charge is 0.410 e. The first kappa shape index (κ1) is 34.1. The van der Waals surface area contributed by atoms with Crippen LogP contribution < -0.4 is 9.46 Å². The van der Waals surface area contributed by atoms with Gasteiger partial charge in [-0.3, -0.25) is 0 Å². The van der Waals surface area contributed by atoms with Crippen molar-refractivity contribution in [1.29, 1.82) is 0 Å². The number of nitrogens with one attached hydrogen (secondary N) is 1. The molecule has 0 atom stereocenters. The maximum atomic E-state index is 12.6. The van der Waals surface area contributed by atoms with E-state index in [0.29, 0.717) is 43.9 Å². The molecule has 2 aromatic heterocycles. The molecule has 3 aromatic rings. The van der Waals surface area contributed by atoms with Crippen LogP contribution in [-0.2, 0) is 43.7 Å². The standard InChI is InChI=1S/C32H47N4O6S2/c1-31(2,3)42-30(37)35-16-13-32(4,14-17-35)22-41-27-12-15-33-29-28(27)26(21-36(29)23-40-18-19-43(5)6)25-10-8-24(9-11-25)20-34-44(7,38)39/h8-12,15,21,34H,13-14,16-20,22-23H2,1-7H3/q+1. The molecule has 1 amide bonds. The molecule has 0 unspecified atom stereocenters. The van der Waals surface area contributed by atoms with Gasteiger partial charge in [0.25, 0.3) is 0 Å². The number of pyridine rings is 1. The molecule has 44 heavy (non-hydrogen) atoms. The molecule has 0 aliphatic carbocycles. The lowest BCUT2D eigenvalue weighted by molar-refractivity contribution is 0.00602. The zero-order valence-electron chi connectivity index (χ0n) is 27.0. The normalized spacial score (nSPS) is 15.6. The second-order valence-corrected chi connectivity index (χ2v) is 17.3. The maximum Gasteiger partial charge on any atom is 0.410 e. The highest BCUT2D eigenvalue weighted by Gasteiger charge is 2.34. The van der Waals surface area contributed by atoms with E-state index in [2.05, 4.69) is 24.2 Å². The van der Waals surface area contributed by atoms with Gasteiger partial charge in [-0.05, 0) is 61.7 Å². The van der Waals surface area contributed by atoms with Crippen molar-refractivity contribution in [2.45, 2.75) is 59.4 Å². The van der Waals surface area contributed by atoms with Crippen LogP contribution in [0.2, 0.25) is 0 Å². The Balaban J connectivity index is 1.55. The van der Waals surface area contributed by atoms with Gasteiger partial charge in [0.15, 0.2) is 0 Å². The minimum absolute atomic E-state index is 0.105. The van der Waals surface area contributed by atoms with Gasteiger partial charge < -0.3 is 23.7 Å². The number of benzene rings is 1. The Bertz CT molecular complexity index is 1520. The van der Waals surface area contributed by atoms with Crippen LogP contribution in [0.5, 0.6) is 5.75 Å². The van der Waals surface area contributed by atoms with Crippen molar-refractivity contribution < 1.29 is 27.4 Å². The van der Waals surface area contributed by atoms with Gasteiger partial charge in [-0.1, -0.05) is 31.2 Å². The van der Waals surface area contributed by atoms with E-state index in [1.165, 1.54) is 0 Å². The van der Waals surface area contributed by atoms with Gasteiger partial charge in [-0.2, -0.15) is 0 Å². The van der Waals surface area contributed by atoms with Crippen LogP contribution in [-0.4, -0.2) is 85.4 Å². The third kappa shape index (κ3) is 9.60. The molecule has 1 aromatic carbocycles. The Morgan fingerprint density at radius 2 is 1.80 bits per heavy atom. The van der Waals surface area contributed by atoms with Crippen molar-refractivity contribution in [3.8, 4) is 16.9 Å². The number of fused-ring (bicyclic) bond motifs is 1. The highest BCUT2D eigenvalue weighted by atomic mass is 32.2. The third-order valence-corrected chi connectivity index (χ3v) is 9.24. The molecule has 10 nitrogen and oxygen atoms in total. The zero-order valence-corrected chi connectivity index (χ0v) is 28.6. The highest BCUT2D eigenvalue weighted by molar-refractivity contribution is 7.95. The van der Waals surface area contributed by atoms with Gasteiger partial charge in [0, 0.05) is 43.0 Å². The molecule has 242 valence electrons. The molecule has 1 fully saturated rings. The van der Waals surface area contributed by atoms with E-state index in [4.69, 9.17) is 19.2 Å². The summed E-state index contributed by atoms with van der Waals surface area (Å²) in [6.45, 7) is 10.9. The Morgan fingerprint density at radius 1 is 1.11 bits per heavy atom. The minimum atomic E-state index is -3.29. The molecular weight excluding hydrogens is 601 g/mol. The quantitative estimate of drug-likeness (QED) is 0.217. The first-order valence-electron chi connectivity index (χ1n) is 14.9. The number of rotatable bonds is 12. The number of hydrogen-bond donors (Lipinski definition) is 1. The topological polar surface area (TPSA) is 112 Å². The van der Waals surface area contributed by atoms with E-state index in [-0.39, 0.29) is 18.1 Å². The zero-order chi connectivity index (χ0) is 32.1. The summed E-state index contributed by atoms with van der Waals surface area (Å²) in [5, 5.41) is 0.902. The van der Waals surface area contributed by atoms with Gasteiger partial charge in [0.05, 0.1) is 37.4 Å². The lowest BCUT2D eigenvalue weighted by atomic mass is 9.81. The lowest BCUT2D eigenvalue weighted by Gasteiger charge is -2.39. The number of amides is 1. The second-order valence-electron chi connectivity index (χ2n) is 13.1. The predicted octanol–water partition coefficient (Wildman–Crippen LogP) is 5.02. The molecule has 1 aliphatic rings. The van der Waals surface area contributed by atoms with Crippen molar-refractivity contribution in [3.63, 3.8) is 0 Å². The van der Waals surface area contributed by atoms with Gasteiger partial charge in [0.2, 0.25) is 10.0 Å². The Morgan fingerprint density at radius 3 is 2.41 bits per heavy atom. The molecule has 0 spiro atoms. The average molecular weight is 648 g/mol. The van der Waals surface area contributed by atoms with E-state index in [9.17, 15) is 13.2 Å². The monoisotopic (exact) mass is 647 g/mol. The van der Waals surface area contributed by atoms with Crippen LogP contribution in [0, 0.1) is 5.41 Å². The molecule has 3 heterocycles. The van der Waals surface area contributed by atoms with Crippen LogP contribution in [0.3, 0.4) is 0 Å². The number of piperidine rings is 1. The van der Waals surface area contributed by atoms with Crippen LogP contribution in [0.15, 0.2) is 42.7 Å². The molecule has 1 N–H and O–H groups in total. The summed E-state index contributed by atoms with van der Waals surface area (Å²) in [6, 6.07) is 9.73. The molecule has 1 aliphatic heterocycles. The Hall–Kier alpha value is -2.80. The first-order valence-corrected chi connectivity index (χ1v) is 19.0. The molecular formula is C32H47N4O6S2+. The SMILES string of the molecule is C[S+](C)CCOCn1cc(-c2ccc(CNS(C)(=O)=O)cc2)c2c(OCC3(C)CCN(C(=O)OC(C)(C)C)CC3)ccnc21. The Kier molecular flexibility index (Phi) is 10.9. The van der Waals surface area contributed by atoms with Crippen molar-refractivity contribution in [1.82, 2.24) is 19.2 Å². The fourth-order valence-corrected chi connectivity index (χ4v) is 5.86. The van der Waals surface area contributed by atoms with E-state index in [0.717, 1.165) is 58.3 Å². The largest absolute Gasteiger partial charge is 0.492 e. The number of likely N-dealkylation sites (tertiary alicyclic amines) is 1. The average Bonchev–Trinajstić information content (AvgIpc) is 3.31. The van der Waals surface area contributed by atoms with Crippen LogP contribution in [0.4, 0.5) is 4.79 Å².